The van der Waals surface area contributed by atoms with Crippen LogP contribution in [0, 0.1) is 0 Å². The topological polar surface area (TPSA) is 231 Å². The monoisotopic (exact) mass is 1030 g/mol. The van der Waals surface area contributed by atoms with Crippen LogP contribution in [0.3, 0.4) is 0 Å². The molecule has 4 unspecified atom stereocenters. The molecule has 2 aliphatic heterocycles. The van der Waals surface area contributed by atoms with Crippen LogP contribution in [0.2, 0.25) is 0 Å². The van der Waals surface area contributed by atoms with Gasteiger partial charge in [0.1, 0.15) is 55.4 Å². The summed E-state index contributed by atoms with van der Waals surface area (Å²) in [5.41, 5.74) is 0. The van der Waals surface area contributed by atoms with E-state index in [0.717, 1.165) is 57.8 Å². The van der Waals surface area contributed by atoms with E-state index >= 15 is 0 Å². The Morgan fingerprint density at radius 2 is 0.833 bits per heavy atom. The van der Waals surface area contributed by atoms with Crippen LogP contribution in [0.25, 0.3) is 0 Å². The molecule has 0 aromatic rings. The van der Waals surface area contributed by atoms with E-state index in [1.165, 1.54) is 122 Å². The molecule has 420 valence electrons. The fourth-order valence-electron chi connectivity index (χ4n) is 8.89. The van der Waals surface area contributed by atoms with Crippen molar-refractivity contribution >= 4 is 11.9 Å². The molecular weight excluding hydrogens is 925 g/mol. The lowest BCUT2D eigenvalue weighted by Crippen LogP contribution is -2.61. The van der Waals surface area contributed by atoms with Crippen molar-refractivity contribution in [3.05, 3.63) is 36.5 Å². The summed E-state index contributed by atoms with van der Waals surface area (Å²) in [7, 11) is 0. The van der Waals surface area contributed by atoms with E-state index in [9.17, 15) is 45.3 Å². The molecule has 0 aliphatic carbocycles. The highest BCUT2D eigenvalue weighted by Gasteiger charge is 2.47. The SMILES string of the molecule is CCCCC/C=C/C/C=C/CCCCCCCCCCCC(=O)O[C@H](COC(=O)CCCCCCCCCCC/C=C/CCCCCC)CO[C@H]1O[C@@H](CO[C@H]2O[C@@H](CO)[C@@H](O)C(O)C2O)[C@@H](O)C(O)C1O. The van der Waals surface area contributed by atoms with Gasteiger partial charge in [-0.2, -0.15) is 0 Å². The number of hydrogen-bond donors (Lipinski definition) is 7. The van der Waals surface area contributed by atoms with Crippen LogP contribution >= 0.6 is 0 Å². The molecule has 2 rings (SSSR count). The molecule has 0 spiro atoms. The Kier molecular flexibility index (Phi) is 40.1. The van der Waals surface area contributed by atoms with E-state index in [-0.39, 0.29) is 26.1 Å². The lowest BCUT2D eigenvalue weighted by atomic mass is 9.98. The molecule has 72 heavy (non-hydrogen) atoms. The van der Waals surface area contributed by atoms with Crippen LogP contribution < -0.4 is 0 Å². The number of esters is 2. The van der Waals surface area contributed by atoms with Gasteiger partial charge in [0.2, 0.25) is 0 Å². The van der Waals surface area contributed by atoms with Gasteiger partial charge in [-0.1, -0.05) is 172 Å². The third-order valence-electron chi connectivity index (χ3n) is 13.6. The molecule has 0 amide bonds. The second-order valence-electron chi connectivity index (χ2n) is 20.1. The second kappa shape index (κ2) is 43.9. The maximum absolute atomic E-state index is 13.1. The highest BCUT2D eigenvalue weighted by Crippen LogP contribution is 2.27. The highest BCUT2D eigenvalue weighted by atomic mass is 16.7. The largest absolute Gasteiger partial charge is 0.462 e. The molecule has 0 aromatic carbocycles. The van der Waals surface area contributed by atoms with Crippen LogP contribution in [0.1, 0.15) is 219 Å². The number of allylic oxidation sites excluding steroid dienone is 6. The highest BCUT2D eigenvalue weighted by molar-refractivity contribution is 5.70. The molecule has 2 fully saturated rings. The van der Waals surface area contributed by atoms with Crippen molar-refractivity contribution in [2.45, 2.75) is 287 Å². The quantitative estimate of drug-likeness (QED) is 0.0171. The lowest BCUT2D eigenvalue weighted by Gasteiger charge is -2.42. The van der Waals surface area contributed by atoms with Crippen LogP contribution in [0.15, 0.2) is 36.5 Å². The first-order valence-corrected chi connectivity index (χ1v) is 28.6. The Hall–Kier alpha value is -2.28. The van der Waals surface area contributed by atoms with E-state index in [1.807, 2.05) is 0 Å². The van der Waals surface area contributed by atoms with Crippen LogP contribution in [0.4, 0.5) is 0 Å². The van der Waals surface area contributed by atoms with E-state index in [2.05, 4.69) is 50.3 Å². The van der Waals surface area contributed by atoms with Crippen molar-refractivity contribution in [2.75, 3.05) is 26.4 Å². The molecule has 0 radical (unpaired) electrons. The molecule has 15 heteroatoms. The van der Waals surface area contributed by atoms with Gasteiger partial charge in [0.15, 0.2) is 18.7 Å². The van der Waals surface area contributed by atoms with Gasteiger partial charge < -0.3 is 64.2 Å². The molecule has 11 atom stereocenters. The average Bonchev–Trinajstić information content (AvgIpc) is 3.37. The molecule has 2 saturated heterocycles. The Labute approximate surface area is 434 Å². The Morgan fingerprint density at radius 3 is 1.33 bits per heavy atom. The minimum Gasteiger partial charge on any atom is -0.462 e. The summed E-state index contributed by atoms with van der Waals surface area (Å²) in [5.74, 6) is -0.926. The van der Waals surface area contributed by atoms with Gasteiger partial charge in [0.05, 0.1) is 19.8 Å². The predicted octanol–water partition coefficient (Wildman–Crippen LogP) is 9.27. The number of unbranched alkanes of at least 4 members (excludes halogenated alkanes) is 25. The second-order valence-corrected chi connectivity index (χ2v) is 20.1. The molecular formula is C57H102O15. The third-order valence-corrected chi connectivity index (χ3v) is 13.6. The number of hydrogen-bond acceptors (Lipinski definition) is 15. The maximum atomic E-state index is 13.1. The van der Waals surface area contributed by atoms with Crippen molar-refractivity contribution in [1.29, 1.82) is 0 Å². The molecule has 15 nitrogen and oxygen atoms in total. The standard InChI is InChI=1S/C57H102O15/c1-3-5-7-9-11-13-15-17-19-21-22-24-26-28-30-32-34-36-38-40-49(60)70-45(42-67-48(59)39-37-35-33-31-29-27-25-23-20-18-16-14-12-10-8-6-4-2)43-68-56-55(66)53(64)51(62)47(72-56)44-69-57-54(65)52(63)50(61)46(41-58)71-57/h11,13-14,16-17,19,45-47,50-58,61-66H,3-10,12,15,18,20-44H2,1-2H3/b13-11+,16-14+,19-17+/t45-,46+,47+,50-,51-,52?,53?,54?,55?,56+,57+/m1/s1. The Bertz CT molecular complexity index is 1390. The van der Waals surface area contributed by atoms with Gasteiger partial charge in [0, 0.05) is 12.8 Å². The van der Waals surface area contributed by atoms with Crippen molar-refractivity contribution in [1.82, 2.24) is 0 Å². The van der Waals surface area contributed by atoms with Crippen molar-refractivity contribution in [2.24, 2.45) is 0 Å². The normalized spacial score (nSPS) is 25.2. The first kappa shape index (κ1) is 65.8. The molecule has 0 saturated carbocycles. The van der Waals surface area contributed by atoms with Gasteiger partial charge in [-0.3, -0.25) is 9.59 Å². The minimum atomic E-state index is -1.77. The van der Waals surface area contributed by atoms with E-state index in [0.29, 0.717) is 12.8 Å². The van der Waals surface area contributed by atoms with Gasteiger partial charge in [-0.05, 0) is 70.6 Å². The van der Waals surface area contributed by atoms with Gasteiger partial charge in [-0.15, -0.1) is 0 Å². The Balaban J connectivity index is 1.76. The lowest BCUT2D eigenvalue weighted by molar-refractivity contribution is -0.332. The Morgan fingerprint density at radius 1 is 0.444 bits per heavy atom. The van der Waals surface area contributed by atoms with Crippen molar-refractivity contribution in [3.63, 3.8) is 0 Å². The van der Waals surface area contributed by atoms with Crippen LogP contribution in [-0.4, -0.2) is 142 Å². The molecule has 2 heterocycles. The van der Waals surface area contributed by atoms with Crippen molar-refractivity contribution in [3.8, 4) is 0 Å². The smallest absolute Gasteiger partial charge is 0.306 e. The van der Waals surface area contributed by atoms with Crippen molar-refractivity contribution < 1.29 is 73.8 Å². The van der Waals surface area contributed by atoms with Crippen LogP contribution in [-0.2, 0) is 38.0 Å². The number of rotatable bonds is 45. The summed E-state index contributed by atoms with van der Waals surface area (Å²) in [6.07, 6.45) is 31.5. The summed E-state index contributed by atoms with van der Waals surface area (Å²) >= 11 is 0. The average molecular weight is 1030 g/mol. The minimum absolute atomic E-state index is 0.161. The summed E-state index contributed by atoms with van der Waals surface area (Å²) in [4.78, 5) is 25.9. The predicted molar refractivity (Wildman–Crippen MR) is 280 cm³/mol. The third kappa shape index (κ3) is 30.9. The zero-order valence-electron chi connectivity index (χ0n) is 44.7. The molecule has 0 bridgehead atoms. The summed E-state index contributed by atoms with van der Waals surface area (Å²) in [6, 6.07) is 0. The summed E-state index contributed by atoms with van der Waals surface area (Å²) < 4.78 is 33.7. The summed E-state index contributed by atoms with van der Waals surface area (Å²) in [6.45, 7) is 2.58. The number of carbonyl (C=O) groups excluding carboxylic acids is 2. The molecule has 2 aliphatic rings. The van der Waals surface area contributed by atoms with E-state index in [1.54, 1.807) is 0 Å². The zero-order chi connectivity index (χ0) is 52.4. The fraction of sp³-hybridized carbons (Fsp3) is 0.860. The molecule has 7 N–H and O–H groups in total. The summed E-state index contributed by atoms with van der Waals surface area (Å²) in [5, 5.41) is 72.2. The van der Waals surface area contributed by atoms with Gasteiger partial charge in [-0.25, -0.2) is 0 Å². The van der Waals surface area contributed by atoms with Gasteiger partial charge in [0.25, 0.3) is 0 Å². The number of aliphatic hydroxyl groups excluding tert-OH is 7. The number of ether oxygens (including phenoxy) is 6. The molecule has 0 aromatic heterocycles. The first-order valence-electron chi connectivity index (χ1n) is 28.6. The van der Waals surface area contributed by atoms with E-state index in [4.69, 9.17) is 28.4 Å². The maximum Gasteiger partial charge on any atom is 0.306 e. The first-order chi connectivity index (χ1) is 35.0. The zero-order valence-corrected chi connectivity index (χ0v) is 44.7. The van der Waals surface area contributed by atoms with Gasteiger partial charge >= 0.3 is 11.9 Å². The van der Waals surface area contributed by atoms with E-state index < -0.39 is 92.7 Å². The number of aliphatic hydroxyl groups is 7. The van der Waals surface area contributed by atoms with Crippen LogP contribution in [0.5, 0.6) is 0 Å². The number of carbonyl (C=O) groups is 2. The fourth-order valence-corrected chi connectivity index (χ4v) is 8.89.